The minimum atomic E-state index is -0.332. The zero-order chi connectivity index (χ0) is 17.1. The Bertz CT molecular complexity index is 775. The standard InChI is InChI=1S/C18H16N2O3S/c1-2-23-15-10-8-14(9-11-15)20-17(22)12-16(21)19(18(20)24)13-6-4-3-5-7-13/h3-11H,2,12H2,1H3. The lowest BCUT2D eigenvalue weighted by Crippen LogP contribution is -2.55. The van der Waals surface area contributed by atoms with Crippen LogP contribution in [0.2, 0.25) is 0 Å². The van der Waals surface area contributed by atoms with Crippen LogP contribution in [0.3, 0.4) is 0 Å². The molecule has 5 nitrogen and oxygen atoms in total. The summed E-state index contributed by atoms with van der Waals surface area (Å²) >= 11 is 5.43. The van der Waals surface area contributed by atoms with Gasteiger partial charge in [0.25, 0.3) is 0 Å². The molecule has 0 bridgehead atoms. The van der Waals surface area contributed by atoms with Crippen LogP contribution in [0.25, 0.3) is 0 Å². The third kappa shape index (κ3) is 3.00. The molecular weight excluding hydrogens is 324 g/mol. The molecule has 0 unspecified atom stereocenters. The van der Waals surface area contributed by atoms with Crippen LogP contribution >= 0.6 is 12.2 Å². The van der Waals surface area contributed by atoms with Gasteiger partial charge in [0.15, 0.2) is 5.11 Å². The number of rotatable bonds is 4. The zero-order valence-electron chi connectivity index (χ0n) is 13.1. The van der Waals surface area contributed by atoms with Crippen LogP contribution in [-0.4, -0.2) is 23.5 Å². The molecule has 2 amide bonds. The molecule has 0 spiro atoms. The van der Waals surface area contributed by atoms with Crippen molar-refractivity contribution in [1.82, 2.24) is 0 Å². The zero-order valence-corrected chi connectivity index (χ0v) is 14.0. The van der Waals surface area contributed by atoms with Gasteiger partial charge < -0.3 is 4.74 Å². The van der Waals surface area contributed by atoms with E-state index in [-0.39, 0.29) is 23.3 Å². The van der Waals surface area contributed by atoms with E-state index in [1.165, 1.54) is 9.80 Å². The molecule has 1 aliphatic heterocycles. The van der Waals surface area contributed by atoms with Crippen LogP contribution in [0.4, 0.5) is 11.4 Å². The van der Waals surface area contributed by atoms with Crippen LogP contribution in [0, 0.1) is 0 Å². The average Bonchev–Trinajstić information content (AvgIpc) is 2.57. The first-order valence-corrected chi connectivity index (χ1v) is 8.00. The number of benzene rings is 2. The molecular formula is C18H16N2O3S. The number of ether oxygens (including phenoxy) is 1. The highest BCUT2D eigenvalue weighted by Crippen LogP contribution is 2.27. The summed E-state index contributed by atoms with van der Waals surface area (Å²) in [6.45, 7) is 2.47. The summed E-state index contributed by atoms with van der Waals surface area (Å²) in [7, 11) is 0. The van der Waals surface area contributed by atoms with Gasteiger partial charge in [-0.1, -0.05) is 18.2 Å². The van der Waals surface area contributed by atoms with Gasteiger partial charge >= 0.3 is 0 Å². The van der Waals surface area contributed by atoms with Crippen molar-refractivity contribution in [2.24, 2.45) is 0 Å². The first-order chi connectivity index (χ1) is 11.6. The fraction of sp³-hybridized carbons (Fsp3) is 0.167. The smallest absolute Gasteiger partial charge is 0.242 e. The monoisotopic (exact) mass is 340 g/mol. The van der Waals surface area contributed by atoms with E-state index in [1.54, 1.807) is 36.4 Å². The van der Waals surface area contributed by atoms with Crippen molar-refractivity contribution in [3.63, 3.8) is 0 Å². The molecule has 1 saturated heterocycles. The van der Waals surface area contributed by atoms with Crippen molar-refractivity contribution in [3.05, 3.63) is 54.6 Å². The van der Waals surface area contributed by atoms with Gasteiger partial charge in [0.1, 0.15) is 12.2 Å². The molecule has 24 heavy (non-hydrogen) atoms. The van der Waals surface area contributed by atoms with Crippen molar-refractivity contribution in [2.75, 3.05) is 16.4 Å². The molecule has 0 radical (unpaired) electrons. The summed E-state index contributed by atoms with van der Waals surface area (Å²) in [6.07, 6.45) is -0.220. The van der Waals surface area contributed by atoms with Crippen molar-refractivity contribution in [2.45, 2.75) is 13.3 Å². The summed E-state index contributed by atoms with van der Waals surface area (Å²) in [5.74, 6) is 0.0624. The van der Waals surface area contributed by atoms with E-state index in [0.29, 0.717) is 23.7 Å². The van der Waals surface area contributed by atoms with Gasteiger partial charge in [-0.2, -0.15) is 0 Å². The molecule has 1 fully saturated rings. The number of para-hydroxylation sites is 1. The highest BCUT2D eigenvalue weighted by molar-refractivity contribution is 7.81. The topological polar surface area (TPSA) is 49.9 Å². The average molecular weight is 340 g/mol. The summed E-state index contributed by atoms with van der Waals surface area (Å²) in [4.78, 5) is 27.4. The lowest BCUT2D eigenvalue weighted by atomic mass is 10.2. The molecule has 3 rings (SSSR count). The fourth-order valence-electron chi connectivity index (χ4n) is 2.54. The first-order valence-electron chi connectivity index (χ1n) is 7.59. The number of carbonyl (C=O) groups excluding carboxylic acids is 2. The molecule has 0 aromatic heterocycles. The fourth-order valence-corrected chi connectivity index (χ4v) is 2.96. The first kappa shape index (κ1) is 16.1. The van der Waals surface area contributed by atoms with E-state index in [1.807, 2.05) is 25.1 Å². The van der Waals surface area contributed by atoms with Crippen LogP contribution < -0.4 is 14.5 Å². The number of carbonyl (C=O) groups is 2. The Labute approximate surface area is 145 Å². The van der Waals surface area contributed by atoms with Gasteiger partial charge in [-0.05, 0) is 55.5 Å². The summed E-state index contributed by atoms with van der Waals surface area (Å²) < 4.78 is 5.41. The van der Waals surface area contributed by atoms with Crippen molar-refractivity contribution >= 4 is 40.5 Å². The largest absolute Gasteiger partial charge is 0.494 e. The Hall–Kier alpha value is -2.73. The second-order valence-corrected chi connectivity index (χ2v) is 5.55. The van der Waals surface area contributed by atoms with Crippen molar-refractivity contribution in [1.29, 1.82) is 0 Å². The van der Waals surface area contributed by atoms with Crippen molar-refractivity contribution in [3.8, 4) is 5.75 Å². The number of nitrogens with zero attached hydrogens (tertiary/aromatic N) is 2. The maximum absolute atomic E-state index is 12.4. The molecule has 0 aliphatic carbocycles. The second-order valence-electron chi connectivity index (χ2n) is 5.18. The Kier molecular flexibility index (Phi) is 4.57. The number of anilines is 2. The molecule has 2 aromatic rings. The van der Waals surface area contributed by atoms with Gasteiger partial charge in [-0.3, -0.25) is 19.4 Å². The summed E-state index contributed by atoms with van der Waals surface area (Å²) in [5.41, 5.74) is 1.26. The molecule has 1 aliphatic rings. The Morgan fingerprint density at radius 3 is 2.00 bits per heavy atom. The number of amides is 2. The van der Waals surface area contributed by atoms with E-state index in [0.717, 1.165) is 0 Å². The third-order valence-electron chi connectivity index (χ3n) is 3.60. The molecule has 122 valence electrons. The van der Waals surface area contributed by atoms with E-state index < -0.39 is 0 Å². The minimum Gasteiger partial charge on any atom is -0.494 e. The highest BCUT2D eigenvalue weighted by Gasteiger charge is 2.36. The Morgan fingerprint density at radius 1 is 0.917 bits per heavy atom. The van der Waals surface area contributed by atoms with E-state index >= 15 is 0 Å². The van der Waals surface area contributed by atoms with E-state index in [4.69, 9.17) is 17.0 Å². The number of thiocarbonyl (C=S) groups is 1. The Morgan fingerprint density at radius 2 is 1.46 bits per heavy atom. The minimum absolute atomic E-state index is 0.159. The lowest BCUT2D eigenvalue weighted by Gasteiger charge is -2.35. The second kappa shape index (κ2) is 6.80. The predicted molar refractivity (Wildman–Crippen MR) is 96.2 cm³/mol. The van der Waals surface area contributed by atoms with Crippen LogP contribution in [0.1, 0.15) is 13.3 Å². The van der Waals surface area contributed by atoms with E-state index in [9.17, 15) is 9.59 Å². The van der Waals surface area contributed by atoms with Crippen molar-refractivity contribution < 1.29 is 14.3 Å². The molecule has 0 N–H and O–H groups in total. The predicted octanol–water partition coefficient (Wildman–Crippen LogP) is 3.14. The maximum Gasteiger partial charge on any atom is 0.242 e. The van der Waals surface area contributed by atoms with Gasteiger partial charge in [-0.25, -0.2) is 0 Å². The third-order valence-corrected chi connectivity index (χ3v) is 3.97. The van der Waals surface area contributed by atoms with Gasteiger partial charge in [-0.15, -0.1) is 0 Å². The number of hydrogen-bond acceptors (Lipinski definition) is 4. The number of hydrogen-bond donors (Lipinski definition) is 0. The molecule has 0 saturated carbocycles. The van der Waals surface area contributed by atoms with Gasteiger partial charge in [0.2, 0.25) is 11.8 Å². The van der Waals surface area contributed by atoms with Crippen LogP contribution in [0.15, 0.2) is 54.6 Å². The SMILES string of the molecule is CCOc1ccc(N2C(=O)CC(=O)N(c3ccccc3)C2=S)cc1. The molecule has 6 heteroatoms. The Balaban J connectivity index is 1.93. The molecule has 0 atom stereocenters. The van der Waals surface area contributed by atoms with Crippen LogP contribution in [0.5, 0.6) is 5.75 Å². The summed E-state index contributed by atoms with van der Waals surface area (Å²) in [6, 6.07) is 16.1. The normalized spacial score (nSPS) is 15.0. The summed E-state index contributed by atoms with van der Waals surface area (Å²) in [5, 5.41) is 0.159. The molecule has 2 aromatic carbocycles. The molecule has 1 heterocycles. The lowest BCUT2D eigenvalue weighted by molar-refractivity contribution is -0.126. The quantitative estimate of drug-likeness (QED) is 0.634. The van der Waals surface area contributed by atoms with Crippen LogP contribution in [-0.2, 0) is 9.59 Å². The maximum atomic E-state index is 12.4. The van der Waals surface area contributed by atoms with Gasteiger partial charge in [0, 0.05) is 0 Å². The van der Waals surface area contributed by atoms with Gasteiger partial charge in [0.05, 0.1) is 18.0 Å². The van der Waals surface area contributed by atoms with E-state index in [2.05, 4.69) is 0 Å². The highest BCUT2D eigenvalue weighted by atomic mass is 32.1.